The second-order valence-electron chi connectivity index (χ2n) is 5.92. The summed E-state index contributed by atoms with van der Waals surface area (Å²) in [7, 11) is 3.19. The number of amides is 1. The number of benzene rings is 2. The number of rotatable bonds is 8. The lowest BCUT2D eigenvalue weighted by molar-refractivity contribution is -0.113. The molecule has 1 heterocycles. The zero-order chi connectivity index (χ0) is 19.9. The molecule has 3 aromatic rings. The molecule has 1 amide bonds. The highest BCUT2D eigenvalue weighted by atomic mass is 32.2. The molecule has 0 saturated carbocycles. The zero-order valence-corrected chi connectivity index (χ0v) is 16.8. The molecule has 0 unspecified atom stereocenters. The quantitative estimate of drug-likeness (QED) is 0.561. The number of para-hydroxylation sites is 1. The van der Waals surface area contributed by atoms with Crippen LogP contribution in [0.5, 0.6) is 11.5 Å². The fraction of sp³-hybridized carbons (Fsp3) is 0.250. The molecule has 0 radical (unpaired) electrons. The first-order chi connectivity index (χ1) is 13.6. The summed E-state index contributed by atoms with van der Waals surface area (Å²) in [5.41, 5.74) is 2.74. The molecule has 1 aromatic heterocycles. The lowest BCUT2D eigenvalue weighted by Gasteiger charge is -2.08. The summed E-state index contributed by atoms with van der Waals surface area (Å²) in [4.78, 5) is 16.7. The van der Waals surface area contributed by atoms with Crippen molar-refractivity contribution in [2.24, 2.45) is 0 Å². The molecule has 0 spiro atoms. The topological polar surface area (TPSA) is 89.1 Å². The van der Waals surface area contributed by atoms with Crippen molar-refractivity contribution in [2.75, 3.05) is 25.3 Å². The molecule has 146 valence electrons. The molecule has 0 aliphatic rings. The van der Waals surface area contributed by atoms with Gasteiger partial charge in [-0.1, -0.05) is 36.9 Å². The molecule has 8 heteroatoms. The van der Waals surface area contributed by atoms with Crippen LogP contribution in [0.2, 0.25) is 0 Å². The van der Waals surface area contributed by atoms with E-state index >= 15 is 0 Å². The van der Waals surface area contributed by atoms with Crippen LogP contribution < -0.4 is 14.8 Å². The van der Waals surface area contributed by atoms with E-state index in [0.717, 1.165) is 23.2 Å². The summed E-state index contributed by atoms with van der Waals surface area (Å²) in [5, 5.41) is 10.5. The molecule has 0 atom stereocenters. The Balaban J connectivity index is 1.64. The largest absolute Gasteiger partial charge is 0.497 e. The average molecular weight is 398 g/mol. The van der Waals surface area contributed by atoms with Gasteiger partial charge in [-0.3, -0.25) is 9.89 Å². The highest BCUT2D eigenvalue weighted by molar-refractivity contribution is 7.99. The number of hydrogen-bond acceptors (Lipinski definition) is 6. The minimum absolute atomic E-state index is 0.0969. The van der Waals surface area contributed by atoms with Gasteiger partial charge in [0, 0.05) is 17.3 Å². The monoisotopic (exact) mass is 398 g/mol. The van der Waals surface area contributed by atoms with Gasteiger partial charge in [0.25, 0.3) is 0 Å². The number of anilines is 1. The molecule has 3 rings (SSSR count). The highest BCUT2D eigenvalue weighted by Crippen LogP contribution is 2.28. The Morgan fingerprint density at radius 3 is 2.54 bits per heavy atom. The number of ether oxygens (including phenoxy) is 2. The molecule has 0 aliphatic heterocycles. The summed E-state index contributed by atoms with van der Waals surface area (Å²) in [6, 6.07) is 13.2. The number of nitrogens with zero attached hydrogens (tertiary/aromatic N) is 2. The predicted octanol–water partition coefficient (Wildman–Crippen LogP) is 3.78. The van der Waals surface area contributed by atoms with E-state index in [1.807, 2.05) is 36.4 Å². The number of hydrogen-bond donors (Lipinski definition) is 2. The third-order valence-corrected chi connectivity index (χ3v) is 4.94. The van der Waals surface area contributed by atoms with Crippen molar-refractivity contribution in [1.29, 1.82) is 0 Å². The molecule has 2 aromatic carbocycles. The number of carbonyl (C=O) groups excluding carboxylic acids is 1. The Kier molecular flexibility index (Phi) is 6.54. The van der Waals surface area contributed by atoms with Crippen LogP contribution in [0, 0.1) is 0 Å². The first kappa shape index (κ1) is 19.8. The van der Waals surface area contributed by atoms with Gasteiger partial charge >= 0.3 is 0 Å². The van der Waals surface area contributed by atoms with Crippen molar-refractivity contribution in [3.05, 3.63) is 48.0 Å². The minimum atomic E-state index is -0.0969. The molecule has 0 bridgehead atoms. The van der Waals surface area contributed by atoms with Gasteiger partial charge in [-0.05, 0) is 30.2 Å². The van der Waals surface area contributed by atoms with Gasteiger partial charge in [0.1, 0.15) is 11.5 Å². The fourth-order valence-corrected chi connectivity index (χ4v) is 3.25. The Morgan fingerprint density at radius 2 is 1.86 bits per heavy atom. The van der Waals surface area contributed by atoms with E-state index < -0.39 is 0 Å². The smallest absolute Gasteiger partial charge is 0.234 e. The Hall–Kier alpha value is -3.00. The lowest BCUT2D eigenvalue weighted by atomic mass is 10.1. The number of carbonyl (C=O) groups is 1. The van der Waals surface area contributed by atoms with Crippen LogP contribution in [-0.2, 0) is 11.2 Å². The maximum atomic E-state index is 12.3. The van der Waals surface area contributed by atoms with Gasteiger partial charge < -0.3 is 14.8 Å². The molecular weight excluding hydrogens is 376 g/mol. The first-order valence-corrected chi connectivity index (χ1v) is 9.78. The van der Waals surface area contributed by atoms with Gasteiger partial charge in [-0.2, -0.15) is 0 Å². The van der Waals surface area contributed by atoms with E-state index in [1.54, 1.807) is 20.3 Å². The van der Waals surface area contributed by atoms with E-state index in [2.05, 4.69) is 27.4 Å². The van der Waals surface area contributed by atoms with Crippen molar-refractivity contribution < 1.29 is 14.3 Å². The number of aromatic nitrogens is 3. The van der Waals surface area contributed by atoms with Gasteiger partial charge in [0.05, 0.1) is 20.0 Å². The fourth-order valence-electron chi connectivity index (χ4n) is 2.65. The number of aromatic amines is 1. The van der Waals surface area contributed by atoms with Crippen molar-refractivity contribution in [3.8, 4) is 22.9 Å². The molecule has 28 heavy (non-hydrogen) atoms. The molecular formula is C20H22N4O3S. The van der Waals surface area contributed by atoms with E-state index in [-0.39, 0.29) is 11.7 Å². The normalized spacial score (nSPS) is 10.5. The van der Waals surface area contributed by atoms with Crippen LogP contribution in [0.15, 0.2) is 47.6 Å². The number of methoxy groups -OCH3 is 2. The second-order valence-corrected chi connectivity index (χ2v) is 6.86. The lowest BCUT2D eigenvalue weighted by Crippen LogP contribution is -2.15. The molecule has 0 saturated heterocycles. The van der Waals surface area contributed by atoms with Crippen molar-refractivity contribution in [3.63, 3.8) is 0 Å². The van der Waals surface area contributed by atoms with E-state index in [4.69, 9.17) is 9.47 Å². The van der Waals surface area contributed by atoms with E-state index in [0.29, 0.717) is 22.5 Å². The van der Waals surface area contributed by atoms with Crippen molar-refractivity contribution >= 4 is 23.4 Å². The van der Waals surface area contributed by atoms with Crippen LogP contribution in [0.4, 0.5) is 5.69 Å². The van der Waals surface area contributed by atoms with Crippen LogP contribution >= 0.6 is 11.8 Å². The third kappa shape index (κ3) is 4.83. The summed E-state index contributed by atoms with van der Waals surface area (Å²) in [5.74, 6) is 2.02. The van der Waals surface area contributed by atoms with Gasteiger partial charge in [0.15, 0.2) is 5.82 Å². The van der Waals surface area contributed by atoms with Crippen LogP contribution in [0.3, 0.4) is 0 Å². The number of nitrogens with one attached hydrogen (secondary N) is 2. The molecule has 0 fully saturated rings. The van der Waals surface area contributed by atoms with Crippen LogP contribution in [-0.4, -0.2) is 41.1 Å². The first-order valence-electron chi connectivity index (χ1n) is 8.79. The Labute approximate surface area is 167 Å². The SMILES string of the molecule is CCc1ccccc1NC(=O)CSc1n[nH]c(-c2cc(OC)cc(OC)c2)n1. The van der Waals surface area contributed by atoms with E-state index in [1.165, 1.54) is 11.8 Å². The summed E-state index contributed by atoms with van der Waals surface area (Å²) >= 11 is 1.27. The van der Waals surface area contributed by atoms with Gasteiger partial charge in [0.2, 0.25) is 11.1 Å². The zero-order valence-electron chi connectivity index (χ0n) is 16.0. The summed E-state index contributed by atoms with van der Waals surface area (Å²) in [6.45, 7) is 2.06. The van der Waals surface area contributed by atoms with Crippen LogP contribution in [0.1, 0.15) is 12.5 Å². The Morgan fingerprint density at radius 1 is 1.14 bits per heavy atom. The number of H-pyrrole nitrogens is 1. The number of thioether (sulfide) groups is 1. The maximum absolute atomic E-state index is 12.3. The van der Waals surface area contributed by atoms with Gasteiger partial charge in [-0.25, -0.2) is 4.98 Å². The summed E-state index contributed by atoms with van der Waals surface area (Å²) in [6.07, 6.45) is 0.859. The molecule has 7 nitrogen and oxygen atoms in total. The third-order valence-electron chi connectivity index (χ3n) is 4.09. The second kappa shape index (κ2) is 9.27. The highest BCUT2D eigenvalue weighted by Gasteiger charge is 2.12. The molecule has 2 N–H and O–H groups in total. The van der Waals surface area contributed by atoms with Gasteiger partial charge in [-0.15, -0.1) is 5.10 Å². The standard InChI is InChI=1S/C20H22N4O3S/c1-4-13-7-5-6-8-17(13)21-18(25)12-28-20-22-19(23-24-20)14-9-15(26-2)11-16(10-14)27-3/h5-11H,4,12H2,1-3H3,(H,21,25)(H,22,23,24). The Bertz CT molecular complexity index is 936. The van der Waals surface area contributed by atoms with Crippen LogP contribution in [0.25, 0.3) is 11.4 Å². The average Bonchev–Trinajstić information content (AvgIpc) is 3.21. The van der Waals surface area contributed by atoms with Crippen molar-refractivity contribution in [1.82, 2.24) is 15.2 Å². The van der Waals surface area contributed by atoms with Crippen molar-refractivity contribution in [2.45, 2.75) is 18.5 Å². The maximum Gasteiger partial charge on any atom is 0.234 e. The minimum Gasteiger partial charge on any atom is -0.497 e. The summed E-state index contributed by atoms with van der Waals surface area (Å²) < 4.78 is 10.6. The molecule has 0 aliphatic carbocycles. The van der Waals surface area contributed by atoms with E-state index in [9.17, 15) is 4.79 Å². The predicted molar refractivity (Wildman–Crippen MR) is 110 cm³/mol. The number of aryl methyl sites for hydroxylation is 1.